The molecule has 0 atom stereocenters. The van der Waals surface area contributed by atoms with Gasteiger partial charge in [-0.1, -0.05) is 6.07 Å². The predicted octanol–water partition coefficient (Wildman–Crippen LogP) is 2.70. The number of ether oxygens (including phenoxy) is 2. The second kappa shape index (κ2) is 4.09. The number of aromatic nitrogens is 1. The number of hydrogen-bond donors (Lipinski definition) is 1. The van der Waals surface area contributed by atoms with E-state index in [9.17, 15) is 0 Å². The van der Waals surface area contributed by atoms with Crippen LogP contribution in [-0.2, 0) is 0 Å². The number of nitrogens with one attached hydrogen (secondary N) is 1. The molecule has 1 heterocycles. The number of aromatic amines is 1. The van der Waals surface area contributed by atoms with Gasteiger partial charge in [0.15, 0.2) is 11.5 Å². The van der Waals surface area contributed by atoms with E-state index < -0.39 is 0 Å². The zero-order valence-corrected chi connectivity index (χ0v) is 8.78. The molecule has 0 fully saturated rings. The molecule has 2 rings (SSSR count). The standard InChI is InChI=1S/C12H13NO2/c1-14-11-4-3-9(7-12(11)15-2)10-5-6-13-8-10/h3-8,13H,1-2H3. The fourth-order valence-electron chi connectivity index (χ4n) is 1.52. The summed E-state index contributed by atoms with van der Waals surface area (Å²) < 4.78 is 10.4. The lowest BCUT2D eigenvalue weighted by molar-refractivity contribution is 0.355. The third kappa shape index (κ3) is 1.81. The minimum atomic E-state index is 0.746. The van der Waals surface area contributed by atoms with Gasteiger partial charge < -0.3 is 14.5 Å². The molecule has 0 aliphatic rings. The molecule has 0 bridgehead atoms. The Balaban J connectivity index is 2.43. The van der Waals surface area contributed by atoms with E-state index in [1.54, 1.807) is 14.2 Å². The van der Waals surface area contributed by atoms with E-state index >= 15 is 0 Å². The lowest BCUT2D eigenvalue weighted by Gasteiger charge is -2.08. The van der Waals surface area contributed by atoms with Crippen molar-refractivity contribution >= 4 is 0 Å². The lowest BCUT2D eigenvalue weighted by atomic mass is 10.1. The van der Waals surface area contributed by atoms with Crippen molar-refractivity contribution in [3.63, 3.8) is 0 Å². The normalized spacial score (nSPS) is 10.0. The van der Waals surface area contributed by atoms with Crippen LogP contribution in [0.5, 0.6) is 11.5 Å². The number of methoxy groups -OCH3 is 2. The Hall–Kier alpha value is -1.90. The summed E-state index contributed by atoms with van der Waals surface area (Å²) >= 11 is 0. The van der Waals surface area contributed by atoms with Gasteiger partial charge in [0, 0.05) is 12.4 Å². The molecule has 78 valence electrons. The zero-order valence-electron chi connectivity index (χ0n) is 8.78. The van der Waals surface area contributed by atoms with Gasteiger partial charge in [0.1, 0.15) is 0 Å². The van der Waals surface area contributed by atoms with Crippen LogP contribution in [0.25, 0.3) is 11.1 Å². The van der Waals surface area contributed by atoms with E-state index in [4.69, 9.17) is 9.47 Å². The monoisotopic (exact) mass is 203 g/mol. The molecule has 0 radical (unpaired) electrons. The van der Waals surface area contributed by atoms with Crippen molar-refractivity contribution < 1.29 is 9.47 Å². The van der Waals surface area contributed by atoms with Crippen LogP contribution in [0.15, 0.2) is 36.7 Å². The summed E-state index contributed by atoms with van der Waals surface area (Å²) in [5, 5.41) is 0. The molecule has 0 aliphatic carbocycles. The van der Waals surface area contributed by atoms with Crippen molar-refractivity contribution in [1.82, 2.24) is 4.98 Å². The van der Waals surface area contributed by atoms with Gasteiger partial charge in [-0.15, -0.1) is 0 Å². The van der Waals surface area contributed by atoms with E-state index in [0.29, 0.717) is 0 Å². The van der Waals surface area contributed by atoms with Crippen molar-refractivity contribution in [3.05, 3.63) is 36.7 Å². The summed E-state index contributed by atoms with van der Waals surface area (Å²) in [6.07, 6.45) is 3.84. The topological polar surface area (TPSA) is 34.2 Å². The molecule has 0 aliphatic heterocycles. The Morgan fingerprint density at radius 3 is 2.33 bits per heavy atom. The van der Waals surface area contributed by atoms with Crippen molar-refractivity contribution in [2.24, 2.45) is 0 Å². The molecule has 2 aromatic rings. The molecule has 3 nitrogen and oxygen atoms in total. The van der Waals surface area contributed by atoms with Gasteiger partial charge in [-0.25, -0.2) is 0 Å². The number of benzene rings is 1. The predicted molar refractivity (Wildman–Crippen MR) is 59.3 cm³/mol. The number of hydrogen-bond acceptors (Lipinski definition) is 2. The second-order valence-corrected chi connectivity index (χ2v) is 3.17. The molecular formula is C12H13NO2. The molecule has 0 amide bonds. The van der Waals surface area contributed by atoms with Crippen molar-refractivity contribution in [2.75, 3.05) is 14.2 Å². The maximum Gasteiger partial charge on any atom is 0.161 e. The van der Waals surface area contributed by atoms with Crippen LogP contribution in [0.4, 0.5) is 0 Å². The SMILES string of the molecule is COc1ccc(-c2cc[nH]c2)cc1OC. The molecule has 1 aromatic heterocycles. The molecule has 0 saturated heterocycles. The zero-order chi connectivity index (χ0) is 10.7. The van der Waals surface area contributed by atoms with Crippen LogP contribution in [0.2, 0.25) is 0 Å². The molecule has 3 heteroatoms. The highest BCUT2D eigenvalue weighted by molar-refractivity contribution is 5.66. The van der Waals surface area contributed by atoms with Crippen LogP contribution >= 0.6 is 0 Å². The highest BCUT2D eigenvalue weighted by Crippen LogP contribution is 2.31. The molecular weight excluding hydrogens is 190 g/mol. The average molecular weight is 203 g/mol. The van der Waals surface area contributed by atoms with Crippen LogP contribution in [0.3, 0.4) is 0 Å². The smallest absolute Gasteiger partial charge is 0.161 e. The number of H-pyrrole nitrogens is 1. The third-order valence-corrected chi connectivity index (χ3v) is 2.31. The first-order valence-corrected chi connectivity index (χ1v) is 4.70. The van der Waals surface area contributed by atoms with E-state index in [-0.39, 0.29) is 0 Å². The highest BCUT2D eigenvalue weighted by atomic mass is 16.5. The van der Waals surface area contributed by atoms with Gasteiger partial charge >= 0.3 is 0 Å². The molecule has 0 spiro atoms. The Morgan fingerprint density at radius 1 is 0.933 bits per heavy atom. The summed E-state index contributed by atoms with van der Waals surface area (Å²) in [6, 6.07) is 7.88. The Morgan fingerprint density at radius 2 is 1.73 bits per heavy atom. The lowest BCUT2D eigenvalue weighted by Crippen LogP contribution is -1.90. The van der Waals surface area contributed by atoms with Crippen LogP contribution in [0, 0.1) is 0 Å². The Bertz CT molecular complexity index is 435. The quantitative estimate of drug-likeness (QED) is 0.832. The fraction of sp³-hybridized carbons (Fsp3) is 0.167. The summed E-state index contributed by atoms with van der Waals surface area (Å²) in [5.41, 5.74) is 2.24. The fourth-order valence-corrected chi connectivity index (χ4v) is 1.52. The van der Waals surface area contributed by atoms with Crippen LogP contribution in [-0.4, -0.2) is 19.2 Å². The van der Waals surface area contributed by atoms with E-state index in [0.717, 1.165) is 22.6 Å². The summed E-state index contributed by atoms with van der Waals surface area (Å²) in [6.45, 7) is 0. The molecule has 15 heavy (non-hydrogen) atoms. The Kier molecular flexibility index (Phi) is 2.63. The third-order valence-electron chi connectivity index (χ3n) is 2.31. The van der Waals surface area contributed by atoms with E-state index in [2.05, 4.69) is 4.98 Å². The van der Waals surface area contributed by atoms with Crippen LogP contribution in [0.1, 0.15) is 0 Å². The largest absolute Gasteiger partial charge is 0.493 e. The van der Waals surface area contributed by atoms with Crippen LogP contribution < -0.4 is 9.47 Å². The molecule has 0 saturated carbocycles. The maximum absolute atomic E-state index is 5.24. The van der Waals surface area contributed by atoms with Crippen molar-refractivity contribution in [1.29, 1.82) is 0 Å². The second-order valence-electron chi connectivity index (χ2n) is 3.17. The maximum atomic E-state index is 5.24. The van der Waals surface area contributed by atoms with Gasteiger partial charge in [0.25, 0.3) is 0 Å². The van der Waals surface area contributed by atoms with Crippen molar-refractivity contribution in [2.45, 2.75) is 0 Å². The first kappa shape index (κ1) is 9.65. The van der Waals surface area contributed by atoms with Gasteiger partial charge in [0.2, 0.25) is 0 Å². The summed E-state index contributed by atoms with van der Waals surface area (Å²) in [7, 11) is 3.27. The first-order chi connectivity index (χ1) is 7.35. The Labute approximate surface area is 88.7 Å². The molecule has 0 unspecified atom stereocenters. The van der Waals surface area contributed by atoms with Crippen molar-refractivity contribution in [3.8, 4) is 22.6 Å². The van der Waals surface area contributed by atoms with Gasteiger partial charge in [-0.2, -0.15) is 0 Å². The minimum Gasteiger partial charge on any atom is -0.493 e. The van der Waals surface area contributed by atoms with E-state index in [1.807, 2.05) is 36.7 Å². The minimum absolute atomic E-state index is 0.746. The molecule has 1 N–H and O–H groups in total. The summed E-state index contributed by atoms with van der Waals surface area (Å²) in [4.78, 5) is 3.02. The number of rotatable bonds is 3. The highest BCUT2D eigenvalue weighted by Gasteiger charge is 2.05. The van der Waals surface area contributed by atoms with Gasteiger partial charge in [-0.3, -0.25) is 0 Å². The molecule has 1 aromatic carbocycles. The van der Waals surface area contributed by atoms with E-state index in [1.165, 1.54) is 0 Å². The van der Waals surface area contributed by atoms with Gasteiger partial charge in [0.05, 0.1) is 14.2 Å². The van der Waals surface area contributed by atoms with Gasteiger partial charge in [-0.05, 0) is 29.3 Å². The first-order valence-electron chi connectivity index (χ1n) is 4.70. The average Bonchev–Trinajstić information content (AvgIpc) is 2.81. The summed E-state index contributed by atoms with van der Waals surface area (Å²) in [5.74, 6) is 1.49.